The van der Waals surface area contributed by atoms with Crippen LogP contribution in [0.5, 0.6) is 11.5 Å². The zero-order chi connectivity index (χ0) is 25.7. The maximum absolute atomic E-state index is 13.9. The highest BCUT2D eigenvalue weighted by Crippen LogP contribution is 2.42. The summed E-state index contributed by atoms with van der Waals surface area (Å²) < 4.78 is 13.4. The van der Waals surface area contributed by atoms with Crippen molar-refractivity contribution in [1.82, 2.24) is 4.57 Å². The quantitative estimate of drug-likeness (QED) is 0.331. The van der Waals surface area contributed by atoms with Crippen LogP contribution in [0.15, 0.2) is 76.0 Å². The van der Waals surface area contributed by atoms with Crippen molar-refractivity contribution in [2.75, 3.05) is 14.2 Å². The average Bonchev–Trinajstić information content (AvgIpc) is 3.22. The second-order valence-electron chi connectivity index (χ2n) is 8.89. The van der Waals surface area contributed by atoms with Crippen LogP contribution in [0.3, 0.4) is 0 Å². The second-order valence-corrected chi connectivity index (χ2v) is 10.7. The second kappa shape index (κ2) is 9.53. The van der Waals surface area contributed by atoms with Crippen molar-refractivity contribution in [3.8, 4) is 11.5 Å². The number of hydrogen-bond acceptors (Lipinski definition) is 5. The van der Waals surface area contributed by atoms with E-state index in [-0.39, 0.29) is 11.6 Å². The molecule has 0 N–H and O–H groups in total. The summed E-state index contributed by atoms with van der Waals surface area (Å²) in [7, 11) is 3.23. The average molecular weight is 549 g/mol. The van der Waals surface area contributed by atoms with Gasteiger partial charge in [0.2, 0.25) is 0 Å². The van der Waals surface area contributed by atoms with Crippen LogP contribution in [0, 0.1) is 0 Å². The summed E-state index contributed by atoms with van der Waals surface area (Å²) in [4.78, 5) is 19.6. The fourth-order valence-electron chi connectivity index (χ4n) is 5.11. The first-order chi connectivity index (χ1) is 18.0. The lowest BCUT2D eigenvalue weighted by atomic mass is 9.83. The molecule has 1 aromatic heterocycles. The number of halogens is 2. The minimum Gasteiger partial charge on any atom is -0.493 e. The van der Waals surface area contributed by atoms with Crippen LogP contribution in [-0.4, -0.2) is 18.8 Å². The Labute approximate surface area is 227 Å². The standard InChI is InChI=1S/C29H22Cl2N2O3S/c1-35-23-12-9-18(13-24(23)36-2)27-21-11-8-16-5-3-4-6-20(16)26(21)32-29-33(27)28(34)25(37-29)14-17-7-10-19(30)15-22(17)31/h3-7,9-10,12-15,27H,8,11H2,1-2H3. The largest absolute Gasteiger partial charge is 0.493 e. The zero-order valence-electron chi connectivity index (χ0n) is 20.1. The molecule has 2 aliphatic rings. The van der Waals surface area contributed by atoms with Crippen molar-refractivity contribution < 1.29 is 9.47 Å². The molecule has 0 amide bonds. The van der Waals surface area contributed by atoms with Gasteiger partial charge in [0, 0.05) is 15.6 Å². The van der Waals surface area contributed by atoms with E-state index in [0.29, 0.717) is 30.9 Å². The molecule has 0 bridgehead atoms. The molecule has 186 valence electrons. The van der Waals surface area contributed by atoms with Gasteiger partial charge >= 0.3 is 0 Å². The predicted octanol–water partition coefficient (Wildman–Crippen LogP) is 5.64. The van der Waals surface area contributed by atoms with Gasteiger partial charge in [0.25, 0.3) is 5.56 Å². The van der Waals surface area contributed by atoms with Crippen LogP contribution in [0.25, 0.3) is 11.8 Å². The highest BCUT2D eigenvalue weighted by Gasteiger charge is 2.33. The number of benzene rings is 3. The minimum absolute atomic E-state index is 0.111. The fourth-order valence-corrected chi connectivity index (χ4v) is 6.56. The monoisotopic (exact) mass is 548 g/mol. The number of methoxy groups -OCH3 is 2. The zero-order valence-corrected chi connectivity index (χ0v) is 22.5. The Hall–Kier alpha value is -3.32. The van der Waals surface area contributed by atoms with Gasteiger partial charge < -0.3 is 9.47 Å². The lowest BCUT2D eigenvalue weighted by molar-refractivity contribution is 0.354. The number of allylic oxidation sites excluding steroid dienone is 1. The molecule has 1 aliphatic carbocycles. The summed E-state index contributed by atoms with van der Waals surface area (Å²) in [6.45, 7) is 0. The Morgan fingerprint density at radius 2 is 1.81 bits per heavy atom. The van der Waals surface area contributed by atoms with Crippen LogP contribution in [0.1, 0.15) is 34.7 Å². The van der Waals surface area contributed by atoms with Crippen molar-refractivity contribution >= 4 is 46.3 Å². The topological polar surface area (TPSA) is 52.8 Å². The third-order valence-corrected chi connectivity index (χ3v) is 8.39. The Bertz CT molecular complexity index is 1770. The van der Waals surface area contributed by atoms with Crippen molar-refractivity contribution in [1.29, 1.82) is 0 Å². The van der Waals surface area contributed by atoms with E-state index < -0.39 is 0 Å². The van der Waals surface area contributed by atoms with Crippen molar-refractivity contribution in [2.24, 2.45) is 4.99 Å². The smallest absolute Gasteiger partial charge is 0.271 e. The highest BCUT2D eigenvalue weighted by molar-refractivity contribution is 7.07. The Morgan fingerprint density at radius 1 is 1.00 bits per heavy atom. The molecule has 0 spiro atoms. The normalized spacial score (nSPS) is 16.5. The molecule has 0 fully saturated rings. The molecule has 2 heterocycles. The molecular formula is C29H22Cl2N2O3S. The van der Waals surface area contributed by atoms with Gasteiger partial charge in [0.05, 0.1) is 30.5 Å². The maximum atomic E-state index is 13.9. The van der Waals surface area contributed by atoms with Gasteiger partial charge in [-0.15, -0.1) is 0 Å². The molecule has 1 aliphatic heterocycles. The van der Waals surface area contributed by atoms with E-state index in [9.17, 15) is 4.79 Å². The number of aromatic nitrogens is 1. The van der Waals surface area contributed by atoms with Gasteiger partial charge in [-0.1, -0.05) is 70.9 Å². The molecule has 0 saturated carbocycles. The molecule has 1 atom stereocenters. The molecule has 0 radical (unpaired) electrons. The van der Waals surface area contributed by atoms with Crippen LogP contribution in [-0.2, 0) is 6.42 Å². The van der Waals surface area contributed by atoms with E-state index >= 15 is 0 Å². The summed E-state index contributed by atoms with van der Waals surface area (Å²) in [6.07, 6.45) is 3.51. The van der Waals surface area contributed by atoms with Crippen molar-refractivity contribution in [2.45, 2.75) is 18.9 Å². The number of hydrogen-bond donors (Lipinski definition) is 0. The lowest BCUT2D eigenvalue weighted by Crippen LogP contribution is -2.38. The Balaban J connectivity index is 1.62. The predicted molar refractivity (Wildman–Crippen MR) is 149 cm³/mol. The summed E-state index contributed by atoms with van der Waals surface area (Å²) in [6, 6.07) is 19.1. The minimum atomic E-state index is -0.317. The van der Waals surface area contributed by atoms with Gasteiger partial charge in [-0.25, -0.2) is 4.99 Å². The van der Waals surface area contributed by atoms with E-state index in [2.05, 4.69) is 18.2 Å². The third kappa shape index (κ3) is 4.09. The first-order valence-electron chi connectivity index (χ1n) is 11.8. The number of nitrogens with zero attached hydrogens (tertiary/aromatic N) is 2. The van der Waals surface area contributed by atoms with Crippen molar-refractivity contribution in [3.63, 3.8) is 0 Å². The number of aryl methyl sites for hydroxylation is 1. The van der Waals surface area contributed by atoms with Crippen molar-refractivity contribution in [3.05, 3.63) is 118 Å². The summed E-state index contributed by atoms with van der Waals surface area (Å²) >= 11 is 13.9. The molecule has 5 nitrogen and oxygen atoms in total. The molecule has 4 aromatic rings. The lowest BCUT2D eigenvalue weighted by Gasteiger charge is -2.31. The molecule has 37 heavy (non-hydrogen) atoms. The Kier molecular flexibility index (Phi) is 6.19. The summed E-state index contributed by atoms with van der Waals surface area (Å²) in [5.41, 5.74) is 6.01. The number of rotatable bonds is 4. The molecule has 3 aromatic carbocycles. The first-order valence-corrected chi connectivity index (χ1v) is 13.4. The molecule has 0 saturated heterocycles. The van der Waals surface area contributed by atoms with Crippen LogP contribution >= 0.6 is 34.5 Å². The van der Waals surface area contributed by atoms with Crippen LogP contribution < -0.4 is 24.4 Å². The molecular weight excluding hydrogens is 527 g/mol. The maximum Gasteiger partial charge on any atom is 0.271 e. The van der Waals surface area contributed by atoms with E-state index in [1.54, 1.807) is 30.9 Å². The van der Waals surface area contributed by atoms with E-state index in [1.165, 1.54) is 16.9 Å². The Morgan fingerprint density at radius 3 is 2.59 bits per heavy atom. The van der Waals surface area contributed by atoms with Gasteiger partial charge in [0.1, 0.15) is 0 Å². The third-order valence-electron chi connectivity index (χ3n) is 6.85. The van der Waals surface area contributed by atoms with Crippen LogP contribution in [0.4, 0.5) is 0 Å². The number of fused-ring (bicyclic) bond motifs is 3. The van der Waals surface area contributed by atoms with E-state index in [4.69, 9.17) is 37.7 Å². The van der Waals surface area contributed by atoms with E-state index in [0.717, 1.165) is 40.8 Å². The SMILES string of the molecule is COc1ccc(C2C3=C(N=c4sc(=Cc5ccc(Cl)cc5Cl)c(=O)n42)c2ccccc2CC3)cc1OC. The van der Waals surface area contributed by atoms with Crippen LogP contribution in [0.2, 0.25) is 10.0 Å². The first kappa shape index (κ1) is 24.0. The van der Waals surface area contributed by atoms with Gasteiger partial charge in [-0.3, -0.25) is 9.36 Å². The van der Waals surface area contributed by atoms with Gasteiger partial charge in [-0.2, -0.15) is 0 Å². The fraction of sp³-hybridized carbons (Fsp3) is 0.172. The number of thiazole rings is 1. The summed E-state index contributed by atoms with van der Waals surface area (Å²) in [5.74, 6) is 1.25. The summed E-state index contributed by atoms with van der Waals surface area (Å²) in [5, 5.41) is 1.03. The van der Waals surface area contributed by atoms with Gasteiger partial charge in [-0.05, 0) is 65.4 Å². The molecule has 1 unspecified atom stereocenters. The van der Waals surface area contributed by atoms with Gasteiger partial charge in [0.15, 0.2) is 16.3 Å². The molecule has 8 heteroatoms. The number of ether oxygens (including phenoxy) is 2. The highest BCUT2D eigenvalue weighted by atomic mass is 35.5. The molecule has 6 rings (SSSR count). The van der Waals surface area contributed by atoms with E-state index in [1.807, 2.05) is 36.4 Å².